The van der Waals surface area contributed by atoms with Crippen LogP contribution >= 0.6 is 11.3 Å². The van der Waals surface area contributed by atoms with Gasteiger partial charge in [0.1, 0.15) is 5.82 Å². The quantitative estimate of drug-likeness (QED) is 0.779. The molecule has 1 fully saturated rings. The molecule has 0 radical (unpaired) electrons. The van der Waals surface area contributed by atoms with Gasteiger partial charge in [0.15, 0.2) is 0 Å². The summed E-state index contributed by atoms with van der Waals surface area (Å²) in [5.41, 5.74) is -0.330. The molecule has 0 amide bonds. The van der Waals surface area contributed by atoms with Gasteiger partial charge in [0.2, 0.25) is 0 Å². The van der Waals surface area contributed by atoms with Gasteiger partial charge in [-0.2, -0.15) is 5.10 Å². The third kappa shape index (κ3) is 1.98. The van der Waals surface area contributed by atoms with Crippen LogP contribution < -0.4 is 16.4 Å². The minimum Gasteiger partial charge on any atom is -0.316 e. The fourth-order valence-corrected chi connectivity index (χ4v) is 4.07. The minimum absolute atomic E-state index is 0.0907. The van der Waals surface area contributed by atoms with Crippen molar-refractivity contribution in [3.8, 4) is 0 Å². The van der Waals surface area contributed by atoms with Gasteiger partial charge in [0, 0.05) is 23.9 Å². The smallest absolute Gasteiger partial charge is 0.316 e. The minimum atomic E-state index is -0.558. The summed E-state index contributed by atoms with van der Waals surface area (Å²) >= 11 is 1.53. The molecule has 2 aliphatic heterocycles. The predicted octanol–water partition coefficient (Wildman–Crippen LogP) is -0.147. The molecular formula is C14H17N5O2S. The third-order valence-electron chi connectivity index (χ3n) is 4.64. The molecule has 2 aliphatic rings. The molecule has 1 saturated heterocycles. The largest absolute Gasteiger partial charge is 0.332 e. The Morgan fingerprint density at radius 1 is 1.36 bits per heavy atom. The molecule has 1 spiro atoms. The number of thiazole rings is 1. The number of nitrogens with one attached hydrogen (secondary N) is 1. The van der Waals surface area contributed by atoms with Crippen LogP contribution in [0.2, 0.25) is 0 Å². The highest BCUT2D eigenvalue weighted by Gasteiger charge is 2.44. The number of hydrogen-bond donors (Lipinski definition) is 1. The molecule has 1 N–H and O–H groups in total. The second-order valence-electron chi connectivity index (χ2n) is 6.06. The zero-order valence-corrected chi connectivity index (χ0v) is 13.2. The van der Waals surface area contributed by atoms with Crippen LogP contribution in [0, 0.1) is 6.92 Å². The van der Waals surface area contributed by atoms with Gasteiger partial charge in [-0.15, -0.1) is 11.3 Å². The molecule has 2 aromatic heterocycles. The lowest BCUT2D eigenvalue weighted by Gasteiger charge is -2.21. The number of hydrogen-bond acceptors (Lipinski definition) is 6. The molecule has 116 valence electrons. The Bertz CT molecular complexity index is 844. The molecular weight excluding hydrogens is 302 g/mol. The first-order valence-corrected chi connectivity index (χ1v) is 8.31. The Morgan fingerprint density at radius 2 is 2.23 bits per heavy atom. The van der Waals surface area contributed by atoms with Crippen molar-refractivity contribution < 1.29 is 0 Å². The van der Waals surface area contributed by atoms with Gasteiger partial charge in [0.25, 0.3) is 0 Å². The van der Waals surface area contributed by atoms with E-state index in [0.29, 0.717) is 6.54 Å². The van der Waals surface area contributed by atoms with Crippen molar-refractivity contribution >= 4 is 11.3 Å². The Morgan fingerprint density at radius 3 is 2.91 bits per heavy atom. The average Bonchev–Trinajstić information content (AvgIpc) is 3.20. The van der Waals surface area contributed by atoms with Crippen LogP contribution in [0.5, 0.6) is 0 Å². The van der Waals surface area contributed by atoms with Gasteiger partial charge >= 0.3 is 11.1 Å². The second-order valence-corrected chi connectivity index (χ2v) is 7.12. The Balaban J connectivity index is 1.82. The molecule has 0 unspecified atom stereocenters. The third-order valence-corrected chi connectivity index (χ3v) is 5.47. The van der Waals surface area contributed by atoms with Crippen molar-refractivity contribution in [2.24, 2.45) is 0 Å². The molecule has 4 rings (SSSR count). The van der Waals surface area contributed by atoms with Crippen molar-refractivity contribution in [1.82, 2.24) is 24.6 Å². The van der Waals surface area contributed by atoms with Crippen LogP contribution in [0.25, 0.3) is 0 Å². The van der Waals surface area contributed by atoms with Gasteiger partial charge in [-0.1, -0.05) is 0 Å². The van der Waals surface area contributed by atoms with Crippen molar-refractivity contribution in [1.29, 1.82) is 0 Å². The zero-order chi connectivity index (χ0) is 15.3. The molecule has 0 bridgehead atoms. The summed E-state index contributed by atoms with van der Waals surface area (Å²) in [4.78, 5) is 29.0. The predicted molar refractivity (Wildman–Crippen MR) is 82.5 cm³/mol. The number of aromatic nitrogens is 4. The fourth-order valence-electron chi connectivity index (χ4n) is 3.46. The molecule has 4 heterocycles. The summed E-state index contributed by atoms with van der Waals surface area (Å²) < 4.78 is 2.85. The maximum Gasteiger partial charge on any atom is 0.332 e. The lowest BCUT2D eigenvalue weighted by atomic mass is 9.85. The first-order valence-electron chi connectivity index (χ1n) is 7.43. The molecule has 0 saturated carbocycles. The lowest BCUT2D eigenvalue weighted by Crippen LogP contribution is -2.45. The Hall–Kier alpha value is -1.80. The zero-order valence-electron chi connectivity index (χ0n) is 12.3. The summed E-state index contributed by atoms with van der Waals surface area (Å²) in [5.74, 6) is 0.758. The van der Waals surface area contributed by atoms with Gasteiger partial charge in [-0.05, 0) is 26.3 Å². The topological polar surface area (TPSA) is 81.8 Å². The van der Waals surface area contributed by atoms with Crippen LogP contribution in [-0.4, -0.2) is 32.4 Å². The number of rotatable bonds is 2. The Kier molecular flexibility index (Phi) is 3.05. The molecule has 0 aromatic carbocycles. The van der Waals surface area contributed by atoms with Gasteiger partial charge in [-0.25, -0.2) is 9.67 Å². The van der Waals surface area contributed by atoms with E-state index >= 15 is 0 Å². The highest BCUT2D eigenvalue weighted by atomic mass is 32.1. The summed E-state index contributed by atoms with van der Waals surface area (Å²) in [7, 11) is 0. The Labute approximate surface area is 130 Å². The van der Waals surface area contributed by atoms with Gasteiger partial charge in [0.05, 0.1) is 17.2 Å². The van der Waals surface area contributed by atoms with E-state index in [0.717, 1.165) is 42.5 Å². The van der Waals surface area contributed by atoms with E-state index in [1.807, 2.05) is 12.3 Å². The highest BCUT2D eigenvalue weighted by Crippen LogP contribution is 2.36. The van der Waals surface area contributed by atoms with E-state index < -0.39 is 11.1 Å². The molecule has 1 atom stereocenters. The van der Waals surface area contributed by atoms with Crippen LogP contribution in [0.3, 0.4) is 0 Å². The van der Waals surface area contributed by atoms with E-state index in [9.17, 15) is 9.59 Å². The summed E-state index contributed by atoms with van der Waals surface area (Å²) in [6.07, 6.45) is 1.84. The normalized spacial score (nSPS) is 23.3. The van der Waals surface area contributed by atoms with E-state index in [1.54, 1.807) is 4.57 Å². The first kappa shape index (κ1) is 13.8. The first-order chi connectivity index (χ1) is 10.6. The van der Waals surface area contributed by atoms with Crippen molar-refractivity contribution in [2.75, 3.05) is 13.1 Å². The molecule has 7 nitrogen and oxygen atoms in total. The summed E-state index contributed by atoms with van der Waals surface area (Å²) in [6, 6.07) is 0. The fraction of sp³-hybridized carbons (Fsp3) is 0.571. The van der Waals surface area contributed by atoms with Crippen molar-refractivity contribution in [3.63, 3.8) is 0 Å². The second kappa shape index (κ2) is 4.85. The van der Waals surface area contributed by atoms with Crippen LogP contribution in [0.1, 0.15) is 29.4 Å². The van der Waals surface area contributed by atoms with Crippen LogP contribution in [-0.2, 0) is 18.5 Å². The summed E-state index contributed by atoms with van der Waals surface area (Å²) in [6.45, 7) is 4.53. The maximum absolute atomic E-state index is 12.4. The number of aryl methyl sites for hydroxylation is 1. The SMILES string of the molecule is Cc1nc(Cn2nc3n(c(=O)c2=O)CC[C@@]32CCNC2)cs1. The summed E-state index contributed by atoms with van der Waals surface area (Å²) in [5, 5.41) is 10.7. The standard InChI is InChI=1S/C14H17N5O2S/c1-9-16-10(7-22-9)6-19-12(21)11(20)18-5-3-14(13(18)17-19)2-4-15-8-14/h7,15H,2-6,8H2,1H3/t14-/m1/s1. The van der Waals surface area contributed by atoms with E-state index in [1.165, 1.54) is 16.0 Å². The number of nitrogens with zero attached hydrogens (tertiary/aromatic N) is 4. The monoisotopic (exact) mass is 319 g/mol. The van der Waals surface area contributed by atoms with Crippen LogP contribution in [0.15, 0.2) is 15.0 Å². The van der Waals surface area contributed by atoms with E-state index in [-0.39, 0.29) is 12.0 Å². The van der Waals surface area contributed by atoms with Crippen molar-refractivity contribution in [2.45, 2.75) is 38.3 Å². The lowest BCUT2D eigenvalue weighted by molar-refractivity contribution is 0.438. The van der Waals surface area contributed by atoms with Crippen molar-refractivity contribution in [3.05, 3.63) is 42.6 Å². The van der Waals surface area contributed by atoms with Gasteiger partial charge < -0.3 is 5.32 Å². The average molecular weight is 319 g/mol. The van der Waals surface area contributed by atoms with Crippen LogP contribution in [0.4, 0.5) is 0 Å². The van der Waals surface area contributed by atoms with E-state index in [4.69, 9.17) is 0 Å². The number of fused-ring (bicyclic) bond motifs is 2. The van der Waals surface area contributed by atoms with Gasteiger partial charge in [-0.3, -0.25) is 14.2 Å². The highest BCUT2D eigenvalue weighted by molar-refractivity contribution is 7.09. The molecule has 0 aliphatic carbocycles. The molecule has 22 heavy (non-hydrogen) atoms. The molecule has 8 heteroatoms. The van der Waals surface area contributed by atoms with E-state index in [2.05, 4.69) is 15.4 Å². The maximum atomic E-state index is 12.4. The molecule has 2 aromatic rings.